The maximum atomic E-state index is 12.5. The molecule has 0 spiro atoms. The van der Waals surface area contributed by atoms with E-state index in [2.05, 4.69) is 37.1 Å². The van der Waals surface area contributed by atoms with Crippen LogP contribution in [0.5, 0.6) is 0 Å². The van der Waals surface area contributed by atoms with Gasteiger partial charge in [-0.1, -0.05) is 22.0 Å². The van der Waals surface area contributed by atoms with E-state index in [0.717, 1.165) is 25.0 Å². The Labute approximate surface area is 161 Å². The first kappa shape index (κ1) is 17.9. The quantitative estimate of drug-likeness (QED) is 0.629. The Kier molecular flexibility index (Phi) is 5.24. The standard InChI is InChI=1S/C18H24BrN5O2/c19-12-4-5-14-15(8-12)22-23-17(14)24-10-11(7-16(24)25)18(26)21-9-13-3-1-2-6-20-13/h1-3,6,11-12,14-15,17,22-23H,4-5,7-10H2,(H,21,26). The molecular formula is C18H24BrN5O2. The summed E-state index contributed by atoms with van der Waals surface area (Å²) in [6.07, 6.45) is 5.23. The van der Waals surface area contributed by atoms with Crippen molar-refractivity contribution in [1.82, 2.24) is 26.1 Å². The number of pyridine rings is 1. The zero-order valence-electron chi connectivity index (χ0n) is 14.5. The molecule has 8 heteroatoms. The smallest absolute Gasteiger partial charge is 0.225 e. The van der Waals surface area contributed by atoms with Gasteiger partial charge in [-0.05, 0) is 31.4 Å². The Morgan fingerprint density at radius 3 is 3.04 bits per heavy atom. The van der Waals surface area contributed by atoms with Crippen LogP contribution < -0.4 is 16.2 Å². The van der Waals surface area contributed by atoms with E-state index in [4.69, 9.17) is 0 Å². The van der Waals surface area contributed by atoms with Crippen molar-refractivity contribution in [1.29, 1.82) is 0 Å². The predicted molar refractivity (Wildman–Crippen MR) is 99.8 cm³/mol. The lowest BCUT2D eigenvalue weighted by molar-refractivity contribution is -0.131. The van der Waals surface area contributed by atoms with E-state index < -0.39 is 0 Å². The van der Waals surface area contributed by atoms with Gasteiger partial charge in [-0.3, -0.25) is 20.0 Å². The SMILES string of the molecule is O=C(NCc1ccccn1)C1CC(=O)N(C2NNC3CC(Br)CCC32)C1. The topological polar surface area (TPSA) is 86.4 Å². The van der Waals surface area contributed by atoms with Gasteiger partial charge in [0.15, 0.2) is 0 Å². The third-order valence-corrected chi connectivity index (χ3v) is 6.53. The molecule has 1 saturated carbocycles. The van der Waals surface area contributed by atoms with Gasteiger partial charge < -0.3 is 10.2 Å². The Hall–Kier alpha value is -1.51. The second kappa shape index (κ2) is 7.62. The monoisotopic (exact) mass is 421 g/mol. The molecule has 1 aliphatic carbocycles. The molecule has 5 unspecified atom stereocenters. The molecule has 1 aromatic heterocycles. The van der Waals surface area contributed by atoms with E-state index in [-0.39, 0.29) is 30.3 Å². The molecule has 26 heavy (non-hydrogen) atoms. The van der Waals surface area contributed by atoms with Crippen LogP contribution in [0, 0.1) is 11.8 Å². The van der Waals surface area contributed by atoms with Gasteiger partial charge in [0.25, 0.3) is 0 Å². The number of rotatable bonds is 4. The fourth-order valence-electron chi connectivity index (χ4n) is 4.30. The summed E-state index contributed by atoms with van der Waals surface area (Å²) in [5, 5.41) is 2.91. The minimum atomic E-state index is -0.292. The molecule has 3 aliphatic rings. The van der Waals surface area contributed by atoms with E-state index in [1.54, 1.807) is 6.20 Å². The van der Waals surface area contributed by atoms with Crippen LogP contribution in [-0.2, 0) is 16.1 Å². The van der Waals surface area contributed by atoms with Crippen LogP contribution in [0.1, 0.15) is 31.4 Å². The van der Waals surface area contributed by atoms with Gasteiger partial charge in [0.05, 0.1) is 24.3 Å². The lowest BCUT2D eigenvalue weighted by atomic mass is 9.84. The fraction of sp³-hybridized carbons (Fsp3) is 0.611. The molecule has 0 radical (unpaired) electrons. The summed E-state index contributed by atoms with van der Waals surface area (Å²) in [7, 11) is 0. The van der Waals surface area contributed by atoms with Gasteiger partial charge in [-0.25, -0.2) is 5.43 Å². The van der Waals surface area contributed by atoms with E-state index in [1.165, 1.54) is 0 Å². The normalized spacial score (nSPS) is 34.0. The number of alkyl halides is 1. The first-order valence-corrected chi connectivity index (χ1v) is 10.2. The van der Waals surface area contributed by atoms with Crippen molar-refractivity contribution >= 4 is 27.7 Å². The molecule has 3 heterocycles. The first-order valence-electron chi connectivity index (χ1n) is 9.24. The molecule has 2 saturated heterocycles. The van der Waals surface area contributed by atoms with Crippen LogP contribution in [0.15, 0.2) is 24.4 Å². The number of carbonyl (C=O) groups excluding carboxylic acids is 2. The average Bonchev–Trinajstić information content (AvgIpc) is 3.23. The van der Waals surface area contributed by atoms with Gasteiger partial charge in [0, 0.05) is 35.9 Å². The Morgan fingerprint density at radius 2 is 2.23 bits per heavy atom. The summed E-state index contributed by atoms with van der Waals surface area (Å²) in [6.45, 7) is 0.873. The highest BCUT2D eigenvalue weighted by Crippen LogP contribution is 2.36. The molecule has 3 N–H and O–H groups in total. The summed E-state index contributed by atoms with van der Waals surface area (Å²) in [4.78, 5) is 31.6. The molecule has 5 atom stereocenters. The fourth-order valence-corrected chi connectivity index (χ4v) is 4.96. The third kappa shape index (κ3) is 3.63. The van der Waals surface area contributed by atoms with Gasteiger partial charge in [0.2, 0.25) is 11.8 Å². The Balaban J connectivity index is 1.34. The number of carbonyl (C=O) groups is 2. The van der Waals surface area contributed by atoms with Crippen molar-refractivity contribution < 1.29 is 9.59 Å². The minimum absolute atomic E-state index is 0.0129. The third-order valence-electron chi connectivity index (χ3n) is 5.70. The molecule has 3 fully saturated rings. The van der Waals surface area contributed by atoms with Crippen LogP contribution >= 0.6 is 15.9 Å². The second-order valence-corrected chi connectivity index (χ2v) is 8.70. The molecule has 4 rings (SSSR count). The zero-order valence-corrected chi connectivity index (χ0v) is 16.1. The zero-order chi connectivity index (χ0) is 18.1. The predicted octanol–water partition coefficient (Wildman–Crippen LogP) is 0.912. The Bertz CT molecular complexity index is 673. The maximum absolute atomic E-state index is 12.5. The molecule has 140 valence electrons. The highest BCUT2D eigenvalue weighted by Gasteiger charge is 2.47. The van der Waals surface area contributed by atoms with Crippen LogP contribution in [-0.4, -0.2) is 45.3 Å². The number of hydrogen-bond acceptors (Lipinski definition) is 5. The van der Waals surface area contributed by atoms with E-state index in [1.807, 2.05) is 23.1 Å². The van der Waals surface area contributed by atoms with Crippen molar-refractivity contribution in [3.63, 3.8) is 0 Å². The number of amides is 2. The number of likely N-dealkylation sites (tertiary alicyclic amines) is 1. The van der Waals surface area contributed by atoms with Crippen LogP contribution in [0.25, 0.3) is 0 Å². The minimum Gasteiger partial charge on any atom is -0.350 e. The van der Waals surface area contributed by atoms with Crippen LogP contribution in [0.2, 0.25) is 0 Å². The van der Waals surface area contributed by atoms with Gasteiger partial charge in [-0.15, -0.1) is 0 Å². The lowest BCUT2D eigenvalue weighted by Gasteiger charge is -2.34. The van der Waals surface area contributed by atoms with Crippen molar-refractivity contribution in [3.05, 3.63) is 30.1 Å². The molecule has 0 bridgehead atoms. The summed E-state index contributed by atoms with van der Waals surface area (Å²) in [6, 6.07) is 5.99. The number of nitrogens with one attached hydrogen (secondary N) is 3. The summed E-state index contributed by atoms with van der Waals surface area (Å²) in [5.41, 5.74) is 7.46. The first-order chi connectivity index (χ1) is 12.6. The maximum Gasteiger partial charge on any atom is 0.225 e. The molecule has 2 aliphatic heterocycles. The number of aromatic nitrogens is 1. The Morgan fingerprint density at radius 1 is 1.35 bits per heavy atom. The largest absolute Gasteiger partial charge is 0.350 e. The van der Waals surface area contributed by atoms with Crippen LogP contribution in [0.4, 0.5) is 0 Å². The molecule has 7 nitrogen and oxygen atoms in total. The highest BCUT2D eigenvalue weighted by atomic mass is 79.9. The van der Waals surface area contributed by atoms with Gasteiger partial charge in [-0.2, -0.15) is 0 Å². The number of hydrogen-bond donors (Lipinski definition) is 3. The average molecular weight is 422 g/mol. The number of nitrogens with zero attached hydrogens (tertiary/aromatic N) is 2. The van der Waals surface area contributed by atoms with Gasteiger partial charge >= 0.3 is 0 Å². The second-order valence-electron chi connectivity index (χ2n) is 7.40. The summed E-state index contributed by atoms with van der Waals surface area (Å²) < 4.78 is 0. The molecule has 1 aromatic rings. The number of fused-ring (bicyclic) bond motifs is 1. The molecule has 2 amide bonds. The number of hydrazine groups is 1. The number of halogens is 1. The van der Waals surface area contributed by atoms with E-state index in [0.29, 0.717) is 29.9 Å². The van der Waals surface area contributed by atoms with Gasteiger partial charge in [0.1, 0.15) is 0 Å². The van der Waals surface area contributed by atoms with Crippen molar-refractivity contribution in [2.75, 3.05) is 6.54 Å². The molecular weight excluding hydrogens is 398 g/mol. The molecule has 0 aromatic carbocycles. The van der Waals surface area contributed by atoms with E-state index in [9.17, 15) is 9.59 Å². The summed E-state index contributed by atoms with van der Waals surface area (Å²) >= 11 is 3.70. The lowest BCUT2D eigenvalue weighted by Crippen LogP contribution is -2.48. The van der Waals surface area contributed by atoms with Crippen LogP contribution in [0.3, 0.4) is 0 Å². The van der Waals surface area contributed by atoms with E-state index >= 15 is 0 Å². The van der Waals surface area contributed by atoms with Crippen molar-refractivity contribution in [2.24, 2.45) is 11.8 Å². The van der Waals surface area contributed by atoms with Crippen molar-refractivity contribution in [2.45, 2.75) is 49.3 Å². The van der Waals surface area contributed by atoms with Crippen molar-refractivity contribution in [3.8, 4) is 0 Å². The highest BCUT2D eigenvalue weighted by molar-refractivity contribution is 9.09. The summed E-state index contributed by atoms with van der Waals surface area (Å²) in [5.74, 6) is 0.102.